The molecule has 0 aliphatic carbocycles. The minimum Gasteiger partial charge on any atom is -0.306 e. The summed E-state index contributed by atoms with van der Waals surface area (Å²) in [5.74, 6) is 0.907. The summed E-state index contributed by atoms with van der Waals surface area (Å²) in [4.78, 5) is 7.26. The molecule has 0 aromatic heterocycles. The number of likely N-dealkylation sites (N-methyl/N-ethyl adjacent to an activating group) is 2. The van der Waals surface area contributed by atoms with E-state index in [0.717, 1.165) is 5.92 Å². The van der Waals surface area contributed by atoms with Crippen molar-refractivity contribution in [3.63, 3.8) is 0 Å². The molecule has 0 radical (unpaired) electrons. The highest BCUT2D eigenvalue weighted by Crippen LogP contribution is 2.13. The van der Waals surface area contributed by atoms with E-state index in [2.05, 4.69) is 49.7 Å². The van der Waals surface area contributed by atoms with Gasteiger partial charge in [0, 0.05) is 38.8 Å². The lowest BCUT2D eigenvalue weighted by atomic mass is 10.0. The van der Waals surface area contributed by atoms with Crippen molar-refractivity contribution in [1.82, 2.24) is 14.7 Å². The number of rotatable bonds is 6. The van der Waals surface area contributed by atoms with E-state index in [1.807, 2.05) is 0 Å². The molecule has 0 spiro atoms. The lowest BCUT2D eigenvalue weighted by Gasteiger charge is -2.38. The molecule has 0 atom stereocenters. The van der Waals surface area contributed by atoms with E-state index in [9.17, 15) is 0 Å². The third-order valence-corrected chi connectivity index (χ3v) is 3.43. The van der Waals surface area contributed by atoms with Crippen molar-refractivity contribution in [3.8, 4) is 0 Å². The molecular formula is C12H27N3. The Morgan fingerprint density at radius 2 is 1.80 bits per heavy atom. The molecule has 1 aliphatic heterocycles. The highest BCUT2D eigenvalue weighted by atomic mass is 15.2. The molecule has 0 aromatic rings. The summed E-state index contributed by atoms with van der Waals surface area (Å²) in [7, 11) is 6.64. The average Bonchev–Trinajstić information content (AvgIpc) is 2.11. The third-order valence-electron chi connectivity index (χ3n) is 3.43. The first-order valence-corrected chi connectivity index (χ1v) is 6.06. The minimum absolute atomic E-state index is 0.660. The van der Waals surface area contributed by atoms with Gasteiger partial charge < -0.3 is 14.7 Å². The van der Waals surface area contributed by atoms with Crippen LogP contribution in [0.25, 0.3) is 0 Å². The Hall–Kier alpha value is -0.120. The summed E-state index contributed by atoms with van der Waals surface area (Å²) >= 11 is 0. The summed E-state index contributed by atoms with van der Waals surface area (Å²) in [6.07, 6.45) is 0. The van der Waals surface area contributed by atoms with Gasteiger partial charge in [0.2, 0.25) is 0 Å². The zero-order valence-corrected chi connectivity index (χ0v) is 11.0. The highest BCUT2D eigenvalue weighted by Gasteiger charge is 2.23. The number of likely N-dealkylation sites (tertiary alicyclic amines) is 1. The lowest BCUT2D eigenvalue weighted by molar-refractivity contribution is 0.0954. The predicted octanol–water partition coefficient (Wildman–Crippen LogP) is 0.820. The van der Waals surface area contributed by atoms with E-state index in [0.29, 0.717) is 6.04 Å². The molecule has 1 fully saturated rings. The molecule has 0 bridgehead atoms. The van der Waals surface area contributed by atoms with E-state index < -0.39 is 0 Å². The second-order valence-corrected chi connectivity index (χ2v) is 5.42. The van der Waals surface area contributed by atoms with Gasteiger partial charge in [0.15, 0.2) is 0 Å². The first kappa shape index (κ1) is 12.9. The van der Waals surface area contributed by atoms with Gasteiger partial charge in [-0.2, -0.15) is 0 Å². The summed E-state index contributed by atoms with van der Waals surface area (Å²) in [5.41, 5.74) is 0. The zero-order valence-electron chi connectivity index (χ0n) is 11.0. The van der Waals surface area contributed by atoms with Crippen LogP contribution in [-0.2, 0) is 0 Å². The number of nitrogens with zero attached hydrogens (tertiary/aromatic N) is 3. The van der Waals surface area contributed by atoms with Crippen LogP contribution in [0.15, 0.2) is 0 Å². The second kappa shape index (κ2) is 5.83. The standard InChI is InChI=1S/C12H27N3/c1-11(2)15(5)7-6-13(3)8-12-9-14(4)10-12/h11-12H,6-10H2,1-5H3. The Morgan fingerprint density at radius 1 is 1.20 bits per heavy atom. The Labute approximate surface area is 95.0 Å². The van der Waals surface area contributed by atoms with Crippen LogP contribution in [0.5, 0.6) is 0 Å². The van der Waals surface area contributed by atoms with Crippen molar-refractivity contribution in [2.45, 2.75) is 19.9 Å². The molecule has 1 rings (SSSR count). The van der Waals surface area contributed by atoms with Gasteiger partial charge in [-0.25, -0.2) is 0 Å². The van der Waals surface area contributed by atoms with E-state index in [1.165, 1.54) is 32.7 Å². The van der Waals surface area contributed by atoms with Crippen molar-refractivity contribution in [3.05, 3.63) is 0 Å². The highest BCUT2D eigenvalue weighted by molar-refractivity contribution is 4.79. The van der Waals surface area contributed by atoms with Gasteiger partial charge >= 0.3 is 0 Å². The van der Waals surface area contributed by atoms with Gasteiger partial charge in [-0.3, -0.25) is 0 Å². The van der Waals surface area contributed by atoms with Crippen LogP contribution < -0.4 is 0 Å². The lowest BCUT2D eigenvalue weighted by Crippen LogP contribution is -2.49. The normalized spacial score (nSPS) is 19.2. The van der Waals surface area contributed by atoms with Crippen LogP contribution in [0.2, 0.25) is 0 Å². The smallest absolute Gasteiger partial charge is 0.0109 e. The fourth-order valence-electron chi connectivity index (χ4n) is 2.06. The largest absolute Gasteiger partial charge is 0.306 e. The van der Waals surface area contributed by atoms with Crippen LogP contribution in [0.4, 0.5) is 0 Å². The summed E-state index contributed by atoms with van der Waals surface area (Å²) in [6, 6.07) is 0.660. The van der Waals surface area contributed by atoms with E-state index >= 15 is 0 Å². The number of hydrogen-bond donors (Lipinski definition) is 0. The molecule has 0 aromatic carbocycles. The van der Waals surface area contributed by atoms with Gasteiger partial charge in [-0.1, -0.05) is 0 Å². The van der Waals surface area contributed by atoms with Gasteiger partial charge in [-0.15, -0.1) is 0 Å². The fourth-order valence-corrected chi connectivity index (χ4v) is 2.06. The minimum atomic E-state index is 0.660. The van der Waals surface area contributed by atoms with Crippen molar-refractivity contribution in [2.24, 2.45) is 5.92 Å². The molecule has 15 heavy (non-hydrogen) atoms. The van der Waals surface area contributed by atoms with Crippen LogP contribution in [-0.4, -0.2) is 74.6 Å². The zero-order chi connectivity index (χ0) is 11.4. The summed E-state index contributed by atoms with van der Waals surface area (Å²) < 4.78 is 0. The summed E-state index contributed by atoms with van der Waals surface area (Å²) in [5, 5.41) is 0. The molecule has 1 saturated heterocycles. The maximum Gasteiger partial charge on any atom is 0.0109 e. The van der Waals surface area contributed by atoms with Gasteiger partial charge in [0.25, 0.3) is 0 Å². The van der Waals surface area contributed by atoms with Crippen LogP contribution in [0.1, 0.15) is 13.8 Å². The fraction of sp³-hybridized carbons (Fsp3) is 1.00. The summed E-state index contributed by atoms with van der Waals surface area (Å²) in [6.45, 7) is 10.7. The first-order chi connectivity index (χ1) is 6.99. The second-order valence-electron chi connectivity index (χ2n) is 5.42. The average molecular weight is 213 g/mol. The van der Waals surface area contributed by atoms with Crippen molar-refractivity contribution >= 4 is 0 Å². The van der Waals surface area contributed by atoms with Crippen molar-refractivity contribution in [1.29, 1.82) is 0 Å². The molecule has 90 valence electrons. The van der Waals surface area contributed by atoms with Crippen molar-refractivity contribution in [2.75, 3.05) is 53.9 Å². The molecule has 3 nitrogen and oxygen atoms in total. The Bertz CT molecular complexity index is 176. The third kappa shape index (κ3) is 4.49. The SMILES string of the molecule is CC(C)N(C)CCN(C)CC1CN(C)C1. The Balaban J connectivity index is 2.05. The first-order valence-electron chi connectivity index (χ1n) is 6.06. The Kier molecular flexibility index (Phi) is 5.03. The number of hydrogen-bond acceptors (Lipinski definition) is 3. The van der Waals surface area contributed by atoms with Crippen LogP contribution in [0.3, 0.4) is 0 Å². The molecule has 1 heterocycles. The monoisotopic (exact) mass is 213 g/mol. The maximum absolute atomic E-state index is 2.47. The molecule has 1 aliphatic rings. The van der Waals surface area contributed by atoms with Gasteiger partial charge in [-0.05, 0) is 40.9 Å². The molecule has 0 N–H and O–H groups in total. The van der Waals surface area contributed by atoms with Crippen molar-refractivity contribution < 1.29 is 0 Å². The van der Waals surface area contributed by atoms with Gasteiger partial charge in [0.1, 0.15) is 0 Å². The van der Waals surface area contributed by atoms with E-state index in [1.54, 1.807) is 0 Å². The molecule has 0 unspecified atom stereocenters. The predicted molar refractivity (Wildman–Crippen MR) is 66.3 cm³/mol. The van der Waals surface area contributed by atoms with E-state index in [4.69, 9.17) is 0 Å². The van der Waals surface area contributed by atoms with E-state index in [-0.39, 0.29) is 0 Å². The Morgan fingerprint density at radius 3 is 2.27 bits per heavy atom. The van der Waals surface area contributed by atoms with Crippen LogP contribution in [0, 0.1) is 5.92 Å². The topological polar surface area (TPSA) is 9.72 Å². The molecule has 0 saturated carbocycles. The molecular weight excluding hydrogens is 186 g/mol. The molecule has 3 heteroatoms. The van der Waals surface area contributed by atoms with Crippen LogP contribution >= 0.6 is 0 Å². The maximum atomic E-state index is 2.47. The quantitative estimate of drug-likeness (QED) is 0.647. The van der Waals surface area contributed by atoms with Gasteiger partial charge in [0.05, 0.1) is 0 Å². The molecule has 0 amide bonds.